The minimum absolute atomic E-state index is 0.0839. The average Bonchev–Trinajstić information content (AvgIpc) is 2.64. The van der Waals surface area contributed by atoms with Gasteiger partial charge in [-0.3, -0.25) is 4.79 Å². The molecule has 30 heavy (non-hydrogen) atoms. The van der Waals surface area contributed by atoms with E-state index in [1.807, 2.05) is 13.0 Å². The molecule has 1 aliphatic rings. The van der Waals surface area contributed by atoms with Crippen molar-refractivity contribution in [3.63, 3.8) is 0 Å². The molecule has 0 saturated carbocycles. The maximum absolute atomic E-state index is 11.1. The highest BCUT2D eigenvalue weighted by atomic mass is 16.7. The van der Waals surface area contributed by atoms with Crippen LogP contribution in [0.3, 0.4) is 0 Å². The molecule has 6 unspecified atom stereocenters. The van der Waals surface area contributed by atoms with E-state index in [1.165, 1.54) is 12.5 Å². The lowest BCUT2D eigenvalue weighted by molar-refractivity contribution is -0.258. The van der Waals surface area contributed by atoms with Gasteiger partial charge in [-0.05, 0) is 37.2 Å². The van der Waals surface area contributed by atoms with Gasteiger partial charge in [0, 0.05) is 25.7 Å². The van der Waals surface area contributed by atoms with Crippen molar-refractivity contribution in [3.05, 3.63) is 35.9 Å². The molecule has 1 aliphatic heterocycles. The number of esters is 1. The Bertz CT molecular complexity index is 639. The number of rotatable bonds is 9. The third kappa shape index (κ3) is 8.37. The molecular weight excluding hydrogens is 380 g/mol. The van der Waals surface area contributed by atoms with Crippen molar-refractivity contribution in [1.29, 1.82) is 0 Å². The Morgan fingerprint density at radius 1 is 1.20 bits per heavy atom. The van der Waals surface area contributed by atoms with Crippen LogP contribution < -0.4 is 0 Å². The number of benzene rings is 1. The predicted molar refractivity (Wildman–Crippen MR) is 118 cm³/mol. The van der Waals surface area contributed by atoms with Crippen LogP contribution >= 0.6 is 0 Å². The molecule has 6 atom stereocenters. The molecule has 0 aliphatic carbocycles. The van der Waals surface area contributed by atoms with Gasteiger partial charge in [0.05, 0.1) is 18.3 Å². The van der Waals surface area contributed by atoms with Crippen LogP contribution in [-0.2, 0) is 19.0 Å². The van der Waals surface area contributed by atoms with Gasteiger partial charge >= 0.3 is 5.97 Å². The van der Waals surface area contributed by atoms with E-state index in [1.54, 1.807) is 0 Å². The Balaban J connectivity index is 2.11. The Hall–Kier alpha value is -1.43. The first-order chi connectivity index (χ1) is 14.1. The van der Waals surface area contributed by atoms with E-state index in [-0.39, 0.29) is 41.9 Å². The number of carbonyl (C=O) groups is 1. The van der Waals surface area contributed by atoms with Crippen molar-refractivity contribution in [1.82, 2.24) is 0 Å². The van der Waals surface area contributed by atoms with Gasteiger partial charge < -0.3 is 19.3 Å². The summed E-state index contributed by atoms with van der Waals surface area (Å²) in [6.07, 6.45) is 2.33. The van der Waals surface area contributed by atoms with E-state index >= 15 is 0 Å². The van der Waals surface area contributed by atoms with Gasteiger partial charge in [-0.2, -0.15) is 0 Å². The van der Waals surface area contributed by atoms with Crippen molar-refractivity contribution >= 4 is 5.97 Å². The lowest BCUT2D eigenvalue weighted by Crippen LogP contribution is -2.43. The standard InChI is InChI=1S/C25H40O5/c1-7-21-15-22(14-20(27)13-17(2)28-18(3)26)30-24(29-21)23(16-25(4,5)6)19-11-9-8-10-12-19/h8-12,17,20-24,27H,7,13-16H2,1-6H3. The molecule has 0 amide bonds. The van der Waals surface area contributed by atoms with Crippen molar-refractivity contribution in [3.8, 4) is 0 Å². The van der Waals surface area contributed by atoms with E-state index in [4.69, 9.17) is 14.2 Å². The van der Waals surface area contributed by atoms with E-state index in [0.29, 0.717) is 12.8 Å². The lowest BCUT2D eigenvalue weighted by Gasteiger charge is -2.41. The molecule has 0 radical (unpaired) electrons. The van der Waals surface area contributed by atoms with Gasteiger partial charge in [0.2, 0.25) is 0 Å². The zero-order valence-corrected chi connectivity index (χ0v) is 19.5. The Morgan fingerprint density at radius 2 is 1.83 bits per heavy atom. The van der Waals surface area contributed by atoms with Crippen LogP contribution in [0.1, 0.15) is 85.1 Å². The number of ether oxygens (including phenoxy) is 3. The fourth-order valence-electron chi connectivity index (χ4n) is 4.27. The zero-order valence-electron chi connectivity index (χ0n) is 19.5. The summed E-state index contributed by atoms with van der Waals surface area (Å²) in [5.41, 5.74) is 1.35. The summed E-state index contributed by atoms with van der Waals surface area (Å²) in [6, 6.07) is 10.4. The topological polar surface area (TPSA) is 65.0 Å². The first-order valence-electron chi connectivity index (χ1n) is 11.3. The van der Waals surface area contributed by atoms with Crippen LogP contribution in [0.5, 0.6) is 0 Å². The molecule has 1 N–H and O–H groups in total. The molecule has 0 spiro atoms. The Labute approximate surface area is 182 Å². The number of hydrogen-bond acceptors (Lipinski definition) is 5. The highest BCUT2D eigenvalue weighted by Gasteiger charge is 2.37. The van der Waals surface area contributed by atoms with Crippen LogP contribution in [0.2, 0.25) is 0 Å². The monoisotopic (exact) mass is 420 g/mol. The van der Waals surface area contributed by atoms with Crippen molar-refractivity contribution < 1.29 is 24.1 Å². The molecule has 2 rings (SSSR count). The Morgan fingerprint density at radius 3 is 2.40 bits per heavy atom. The number of hydrogen-bond donors (Lipinski definition) is 1. The number of aliphatic hydroxyl groups excluding tert-OH is 1. The summed E-state index contributed by atoms with van der Waals surface area (Å²) in [4.78, 5) is 11.1. The molecule has 0 bridgehead atoms. The van der Waals surface area contributed by atoms with Gasteiger partial charge in [0.1, 0.15) is 6.10 Å². The summed E-state index contributed by atoms with van der Waals surface area (Å²) in [6.45, 7) is 12.0. The SMILES string of the molecule is CCC1CC(CC(O)CC(C)OC(C)=O)OC(C(CC(C)(C)C)c2ccccc2)O1. The third-order valence-corrected chi connectivity index (χ3v) is 5.53. The maximum Gasteiger partial charge on any atom is 0.302 e. The second-order valence-electron chi connectivity index (χ2n) is 9.86. The molecular formula is C25H40O5. The first kappa shape index (κ1) is 24.8. The number of carbonyl (C=O) groups excluding carboxylic acids is 1. The second kappa shape index (κ2) is 11.3. The molecule has 5 heteroatoms. The minimum atomic E-state index is -0.585. The molecule has 1 aromatic carbocycles. The van der Waals surface area contributed by atoms with Gasteiger partial charge in [0.15, 0.2) is 6.29 Å². The zero-order chi connectivity index (χ0) is 22.3. The van der Waals surface area contributed by atoms with Gasteiger partial charge in [0.25, 0.3) is 0 Å². The summed E-state index contributed by atoms with van der Waals surface area (Å²) in [7, 11) is 0. The summed E-state index contributed by atoms with van der Waals surface area (Å²) in [5, 5.41) is 10.6. The van der Waals surface area contributed by atoms with Gasteiger partial charge in [-0.25, -0.2) is 0 Å². The van der Waals surface area contributed by atoms with Crippen LogP contribution in [0.4, 0.5) is 0 Å². The molecule has 0 aromatic heterocycles. The highest BCUT2D eigenvalue weighted by molar-refractivity contribution is 5.66. The van der Waals surface area contributed by atoms with Crippen LogP contribution in [0.15, 0.2) is 30.3 Å². The van der Waals surface area contributed by atoms with E-state index in [2.05, 4.69) is 52.0 Å². The molecule has 1 aromatic rings. The molecule has 1 heterocycles. The lowest BCUT2D eigenvalue weighted by atomic mass is 9.80. The predicted octanol–water partition coefficient (Wildman–Crippen LogP) is 5.21. The summed E-state index contributed by atoms with van der Waals surface area (Å²) >= 11 is 0. The number of aliphatic hydroxyl groups is 1. The molecule has 5 nitrogen and oxygen atoms in total. The Kier molecular flexibility index (Phi) is 9.32. The van der Waals surface area contributed by atoms with E-state index < -0.39 is 6.10 Å². The summed E-state index contributed by atoms with van der Waals surface area (Å²) in [5.74, 6) is -0.198. The van der Waals surface area contributed by atoms with Crippen LogP contribution in [-0.4, -0.2) is 41.8 Å². The maximum atomic E-state index is 11.1. The minimum Gasteiger partial charge on any atom is -0.463 e. The first-order valence-corrected chi connectivity index (χ1v) is 11.3. The molecule has 1 fully saturated rings. The van der Waals surface area contributed by atoms with Crippen LogP contribution in [0, 0.1) is 5.41 Å². The molecule has 1 saturated heterocycles. The van der Waals surface area contributed by atoms with Crippen molar-refractivity contribution in [2.45, 2.75) is 110 Å². The van der Waals surface area contributed by atoms with Gasteiger partial charge in [-0.15, -0.1) is 0 Å². The summed E-state index contributed by atoms with van der Waals surface area (Å²) < 4.78 is 18.0. The van der Waals surface area contributed by atoms with Crippen molar-refractivity contribution in [2.24, 2.45) is 5.41 Å². The second-order valence-corrected chi connectivity index (χ2v) is 9.86. The van der Waals surface area contributed by atoms with E-state index in [0.717, 1.165) is 19.3 Å². The highest BCUT2D eigenvalue weighted by Crippen LogP contribution is 2.39. The normalized spacial score (nSPS) is 25.4. The van der Waals surface area contributed by atoms with Gasteiger partial charge in [-0.1, -0.05) is 58.0 Å². The average molecular weight is 421 g/mol. The molecule has 170 valence electrons. The van der Waals surface area contributed by atoms with E-state index in [9.17, 15) is 9.90 Å². The smallest absolute Gasteiger partial charge is 0.302 e. The fourth-order valence-corrected chi connectivity index (χ4v) is 4.27. The largest absolute Gasteiger partial charge is 0.463 e. The fraction of sp³-hybridized carbons (Fsp3) is 0.720. The quantitative estimate of drug-likeness (QED) is 0.556. The van der Waals surface area contributed by atoms with Crippen molar-refractivity contribution in [2.75, 3.05) is 0 Å². The van der Waals surface area contributed by atoms with Crippen LogP contribution in [0.25, 0.3) is 0 Å². The third-order valence-electron chi connectivity index (χ3n) is 5.53.